The van der Waals surface area contributed by atoms with E-state index >= 15 is 0 Å². The van der Waals surface area contributed by atoms with Crippen LogP contribution in [0.25, 0.3) is 6.08 Å². The minimum absolute atomic E-state index is 0.106. The molecule has 7 heteroatoms. The number of Topliss-reactive ketones (excluding diaryl/α,β-unsaturated/α-hetero) is 1. The number of carbonyl (C=O) groups excluding carboxylic acids is 1. The predicted molar refractivity (Wildman–Crippen MR) is 103 cm³/mol. The van der Waals surface area contributed by atoms with E-state index < -0.39 is 0 Å². The van der Waals surface area contributed by atoms with Gasteiger partial charge in [-0.2, -0.15) is 0 Å². The molecule has 1 aromatic carbocycles. The fraction of sp³-hybridized carbons (Fsp3) is 0.381. The van der Waals surface area contributed by atoms with Gasteiger partial charge in [0.1, 0.15) is 36.9 Å². The molecule has 2 N–H and O–H groups in total. The monoisotopic (exact) mass is 388 g/mol. The molecule has 1 aromatic heterocycles. The molecule has 150 valence electrons. The molecule has 0 radical (unpaired) electrons. The Morgan fingerprint density at radius 1 is 1.11 bits per heavy atom. The number of quaternary nitrogens is 1. The Morgan fingerprint density at radius 3 is 2.43 bits per heavy atom. The highest BCUT2D eigenvalue weighted by Crippen LogP contribution is 2.39. The topological polar surface area (TPSA) is 82.6 Å². The van der Waals surface area contributed by atoms with Crippen molar-refractivity contribution in [2.45, 2.75) is 13.5 Å². The SMILES string of the molecule is COCC[NH+](CCOC)Cc1c(O)ccc2c1O/C(=C/c1ccc(C)o1)C2=O. The Balaban J connectivity index is 1.87. The Kier molecular flexibility index (Phi) is 6.51. The summed E-state index contributed by atoms with van der Waals surface area (Å²) in [4.78, 5) is 13.9. The van der Waals surface area contributed by atoms with Gasteiger partial charge in [0.15, 0.2) is 11.5 Å². The summed E-state index contributed by atoms with van der Waals surface area (Å²) in [6.45, 7) is 4.97. The quantitative estimate of drug-likeness (QED) is 0.635. The van der Waals surface area contributed by atoms with Gasteiger partial charge in [-0.15, -0.1) is 0 Å². The first kappa shape index (κ1) is 20.1. The summed E-state index contributed by atoms with van der Waals surface area (Å²) in [6.07, 6.45) is 1.58. The molecular formula is C21H26NO6+. The number of methoxy groups -OCH3 is 2. The maximum atomic E-state index is 12.7. The minimum atomic E-state index is -0.222. The number of furan rings is 1. The third-order valence-electron chi connectivity index (χ3n) is 4.70. The van der Waals surface area contributed by atoms with Crippen LogP contribution >= 0.6 is 0 Å². The summed E-state index contributed by atoms with van der Waals surface area (Å²) >= 11 is 0. The van der Waals surface area contributed by atoms with E-state index in [1.54, 1.807) is 38.5 Å². The van der Waals surface area contributed by atoms with Crippen molar-refractivity contribution in [3.8, 4) is 11.5 Å². The van der Waals surface area contributed by atoms with Gasteiger partial charge in [0.2, 0.25) is 5.78 Å². The van der Waals surface area contributed by atoms with Crippen LogP contribution < -0.4 is 9.64 Å². The first-order chi connectivity index (χ1) is 13.5. The summed E-state index contributed by atoms with van der Waals surface area (Å²) in [5, 5.41) is 10.4. The van der Waals surface area contributed by atoms with E-state index in [2.05, 4.69) is 0 Å². The number of nitrogens with one attached hydrogen (secondary N) is 1. The first-order valence-corrected chi connectivity index (χ1v) is 9.20. The standard InChI is InChI=1S/C21H25NO6/c1-14-4-5-15(27-14)12-19-20(24)16-6-7-18(23)17(21(16)28-19)13-22(8-10-25-2)9-11-26-3/h4-7,12,23H,8-11,13H2,1-3H3/p+1/b19-12+. The fourth-order valence-corrected chi connectivity index (χ4v) is 3.17. The molecule has 2 heterocycles. The van der Waals surface area contributed by atoms with Crippen molar-refractivity contribution < 1.29 is 33.4 Å². The van der Waals surface area contributed by atoms with Crippen LogP contribution in [0.5, 0.6) is 11.5 Å². The molecule has 3 rings (SSSR count). The van der Waals surface area contributed by atoms with E-state index in [0.717, 1.165) is 23.7 Å². The van der Waals surface area contributed by atoms with Gasteiger partial charge in [0, 0.05) is 20.3 Å². The van der Waals surface area contributed by atoms with E-state index in [9.17, 15) is 9.90 Å². The molecule has 0 saturated heterocycles. The fourth-order valence-electron chi connectivity index (χ4n) is 3.17. The number of aryl methyl sites for hydroxylation is 1. The lowest BCUT2D eigenvalue weighted by molar-refractivity contribution is -0.914. The summed E-state index contributed by atoms with van der Waals surface area (Å²) < 4.78 is 21.8. The summed E-state index contributed by atoms with van der Waals surface area (Å²) in [5.41, 5.74) is 1.05. The van der Waals surface area contributed by atoms with Crippen molar-refractivity contribution in [2.24, 2.45) is 0 Å². The average Bonchev–Trinajstić information content (AvgIpc) is 3.23. The number of carbonyl (C=O) groups is 1. The van der Waals surface area contributed by atoms with Crippen molar-refractivity contribution in [1.29, 1.82) is 0 Å². The number of benzene rings is 1. The number of phenols is 1. The highest BCUT2D eigenvalue weighted by atomic mass is 16.5. The van der Waals surface area contributed by atoms with Gasteiger partial charge in [0.25, 0.3) is 0 Å². The van der Waals surface area contributed by atoms with Crippen LogP contribution in [0.2, 0.25) is 0 Å². The largest absolute Gasteiger partial charge is 0.507 e. The van der Waals surface area contributed by atoms with Gasteiger partial charge in [-0.1, -0.05) is 0 Å². The molecule has 0 bridgehead atoms. The van der Waals surface area contributed by atoms with Crippen LogP contribution in [0, 0.1) is 6.92 Å². The zero-order valence-corrected chi connectivity index (χ0v) is 16.4. The Hall–Kier alpha value is -2.61. The van der Waals surface area contributed by atoms with Crippen LogP contribution in [0.3, 0.4) is 0 Å². The zero-order valence-electron chi connectivity index (χ0n) is 16.4. The first-order valence-electron chi connectivity index (χ1n) is 9.20. The highest BCUT2D eigenvalue weighted by Gasteiger charge is 2.32. The number of ketones is 1. The number of ether oxygens (including phenoxy) is 3. The number of aromatic hydroxyl groups is 1. The average molecular weight is 388 g/mol. The summed E-state index contributed by atoms with van der Waals surface area (Å²) in [6, 6.07) is 6.74. The molecule has 1 aliphatic rings. The third kappa shape index (κ3) is 4.44. The van der Waals surface area contributed by atoms with E-state index in [-0.39, 0.29) is 17.3 Å². The normalized spacial score (nSPS) is 14.7. The third-order valence-corrected chi connectivity index (χ3v) is 4.70. The number of fused-ring (bicyclic) bond motifs is 1. The van der Waals surface area contributed by atoms with Gasteiger partial charge in [-0.05, 0) is 31.2 Å². The smallest absolute Gasteiger partial charge is 0.232 e. The maximum absolute atomic E-state index is 12.7. The minimum Gasteiger partial charge on any atom is -0.507 e. The lowest BCUT2D eigenvalue weighted by Crippen LogP contribution is -3.11. The van der Waals surface area contributed by atoms with E-state index in [0.29, 0.717) is 42.4 Å². The second-order valence-corrected chi connectivity index (χ2v) is 6.74. The van der Waals surface area contributed by atoms with Crippen LogP contribution in [0.4, 0.5) is 0 Å². The molecule has 28 heavy (non-hydrogen) atoms. The van der Waals surface area contributed by atoms with Gasteiger partial charge in [0.05, 0.1) is 24.3 Å². The summed E-state index contributed by atoms with van der Waals surface area (Å²) in [7, 11) is 3.31. The Labute approximate surface area is 164 Å². The van der Waals surface area contributed by atoms with Gasteiger partial charge < -0.3 is 28.6 Å². The van der Waals surface area contributed by atoms with Crippen molar-refractivity contribution in [3.05, 3.63) is 52.7 Å². The summed E-state index contributed by atoms with van der Waals surface area (Å²) in [5.74, 6) is 1.78. The van der Waals surface area contributed by atoms with Crippen molar-refractivity contribution in [1.82, 2.24) is 0 Å². The van der Waals surface area contributed by atoms with Gasteiger partial charge in [-0.3, -0.25) is 4.79 Å². The molecule has 0 saturated carbocycles. The van der Waals surface area contributed by atoms with Crippen LogP contribution in [0.15, 0.2) is 34.4 Å². The number of allylic oxidation sites excluding steroid dienone is 1. The number of rotatable bonds is 9. The molecule has 0 amide bonds. The highest BCUT2D eigenvalue weighted by molar-refractivity contribution is 6.14. The Morgan fingerprint density at radius 2 is 1.82 bits per heavy atom. The second-order valence-electron chi connectivity index (χ2n) is 6.74. The second kappa shape index (κ2) is 9.05. The van der Waals surface area contributed by atoms with Crippen molar-refractivity contribution in [3.63, 3.8) is 0 Å². The molecule has 7 nitrogen and oxygen atoms in total. The van der Waals surface area contributed by atoms with Crippen molar-refractivity contribution >= 4 is 11.9 Å². The molecule has 0 unspecified atom stereocenters. The predicted octanol–water partition coefficient (Wildman–Crippen LogP) is 1.59. The van der Waals surface area contributed by atoms with Crippen molar-refractivity contribution in [2.75, 3.05) is 40.5 Å². The van der Waals surface area contributed by atoms with Crippen LogP contribution in [0.1, 0.15) is 27.4 Å². The molecule has 0 aliphatic carbocycles. The van der Waals surface area contributed by atoms with Crippen LogP contribution in [-0.4, -0.2) is 51.4 Å². The lowest BCUT2D eigenvalue weighted by Gasteiger charge is -2.20. The number of phenolic OH excluding ortho intramolecular Hbond substituents is 1. The zero-order chi connectivity index (χ0) is 20.1. The molecule has 2 aromatic rings. The molecule has 1 aliphatic heterocycles. The lowest BCUT2D eigenvalue weighted by atomic mass is 10.0. The maximum Gasteiger partial charge on any atom is 0.232 e. The van der Waals surface area contributed by atoms with Gasteiger partial charge in [-0.25, -0.2) is 0 Å². The van der Waals surface area contributed by atoms with Crippen LogP contribution in [-0.2, 0) is 16.0 Å². The molecule has 0 fully saturated rings. The molecular weight excluding hydrogens is 362 g/mol. The van der Waals surface area contributed by atoms with E-state index in [4.69, 9.17) is 18.6 Å². The van der Waals surface area contributed by atoms with Gasteiger partial charge >= 0.3 is 0 Å². The number of hydrogen-bond acceptors (Lipinski definition) is 6. The molecule has 0 atom stereocenters. The van der Waals surface area contributed by atoms with E-state index in [1.807, 2.05) is 13.0 Å². The number of hydrogen-bond donors (Lipinski definition) is 2. The van der Waals surface area contributed by atoms with E-state index in [1.165, 1.54) is 0 Å². The molecule has 0 spiro atoms. The Bertz CT molecular complexity index is 862.